The van der Waals surface area contributed by atoms with Gasteiger partial charge in [0.05, 0.1) is 37.0 Å². The highest BCUT2D eigenvalue weighted by Crippen LogP contribution is 2.36. The standard InChI is InChI=1S/C24H25N3O6S/c1-27(2)34(29,30)15-9-10-21(31-3)19(11-15)26-24(28)14-25-18-13-22-17(12-23(18)32-4)16-7-5-6-8-20(16)33-22/h5-13,25H,14H2,1-4H3,(H,26,28). The van der Waals surface area contributed by atoms with E-state index < -0.39 is 15.9 Å². The summed E-state index contributed by atoms with van der Waals surface area (Å²) in [6.07, 6.45) is 0. The maximum atomic E-state index is 12.7. The number of methoxy groups -OCH3 is 2. The highest BCUT2D eigenvalue weighted by Gasteiger charge is 2.20. The Morgan fingerprint density at radius 1 is 0.912 bits per heavy atom. The van der Waals surface area contributed by atoms with Gasteiger partial charge in [0.1, 0.15) is 22.7 Å². The zero-order chi connectivity index (χ0) is 24.5. The molecule has 0 aliphatic heterocycles. The fraction of sp³-hybridized carbons (Fsp3) is 0.208. The highest BCUT2D eigenvalue weighted by atomic mass is 32.2. The van der Waals surface area contributed by atoms with Crippen LogP contribution in [0.15, 0.2) is 63.9 Å². The largest absolute Gasteiger partial charge is 0.495 e. The fourth-order valence-corrected chi connectivity index (χ4v) is 4.51. The number of anilines is 2. The van der Waals surface area contributed by atoms with Gasteiger partial charge in [-0.3, -0.25) is 4.79 Å². The number of furan rings is 1. The molecule has 1 amide bonds. The Morgan fingerprint density at radius 3 is 2.35 bits per heavy atom. The van der Waals surface area contributed by atoms with E-state index in [4.69, 9.17) is 13.9 Å². The van der Waals surface area contributed by atoms with Gasteiger partial charge in [0, 0.05) is 30.9 Å². The van der Waals surface area contributed by atoms with E-state index in [0.29, 0.717) is 22.8 Å². The predicted molar refractivity (Wildman–Crippen MR) is 131 cm³/mol. The van der Waals surface area contributed by atoms with E-state index in [1.54, 1.807) is 13.2 Å². The molecule has 0 atom stereocenters. The second kappa shape index (κ2) is 9.24. The number of hydrogen-bond donors (Lipinski definition) is 2. The van der Waals surface area contributed by atoms with Crippen LogP contribution in [0.1, 0.15) is 0 Å². The molecule has 0 aliphatic rings. The lowest BCUT2D eigenvalue weighted by Crippen LogP contribution is -2.24. The molecule has 4 rings (SSSR count). The van der Waals surface area contributed by atoms with Crippen molar-refractivity contribution in [3.05, 3.63) is 54.6 Å². The van der Waals surface area contributed by atoms with Crippen LogP contribution < -0.4 is 20.1 Å². The zero-order valence-electron chi connectivity index (χ0n) is 19.2. The number of nitrogens with zero attached hydrogens (tertiary/aromatic N) is 1. The number of benzene rings is 3. The number of fused-ring (bicyclic) bond motifs is 3. The molecule has 2 N–H and O–H groups in total. The molecule has 178 valence electrons. The molecule has 0 bridgehead atoms. The molecule has 10 heteroatoms. The maximum Gasteiger partial charge on any atom is 0.243 e. The second-order valence-electron chi connectivity index (χ2n) is 7.70. The molecule has 1 heterocycles. The van der Waals surface area contributed by atoms with Crippen molar-refractivity contribution in [3.8, 4) is 11.5 Å². The first-order valence-corrected chi connectivity index (χ1v) is 11.8. The summed E-state index contributed by atoms with van der Waals surface area (Å²) in [5, 5.41) is 7.64. The molecule has 9 nitrogen and oxygen atoms in total. The smallest absolute Gasteiger partial charge is 0.243 e. The third-order valence-electron chi connectivity index (χ3n) is 5.36. The molecular weight excluding hydrogens is 458 g/mol. The van der Waals surface area contributed by atoms with Gasteiger partial charge in [-0.1, -0.05) is 18.2 Å². The van der Waals surface area contributed by atoms with E-state index in [9.17, 15) is 13.2 Å². The van der Waals surface area contributed by atoms with E-state index >= 15 is 0 Å². The Labute approximate surface area is 197 Å². The van der Waals surface area contributed by atoms with E-state index in [2.05, 4.69) is 10.6 Å². The van der Waals surface area contributed by atoms with Gasteiger partial charge in [-0.05, 0) is 30.3 Å². The number of carbonyl (C=O) groups is 1. The Morgan fingerprint density at radius 2 is 1.65 bits per heavy atom. The Bertz CT molecular complexity index is 1480. The lowest BCUT2D eigenvalue weighted by molar-refractivity contribution is -0.114. The van der Waals surface area contributed by atoms with Crippen LogP contribution in [-0.2, 0) is 14.8 Å². The first-order chi connectivity index (χ1) is 16.2. The quantitative estimate of drug-likeness (QED) is 0.391. The monoisotopic (exact) mass is 483 g/mol. The van der Waals surface area contributed by atoms with Crippen molar-refractivity contribution in [1.82, 2.24) is 4.31 Å². The summed E-state index contributed by atoms with van der Waals surface area (Å²) < 4.78 is 42.7. The first-order valence-electron chi connectivity index (χ1n) is 10.4. The van der Waals surface area contributed by atoms with Crippen LogP contribution in [0.2, 0.25) is 0 Å². The minimum atomic E-state index is -3.67. The van der Waals surface area contributed by atoms with E-state index in [0.717, 1.165) is 20.7 Å². The second-order valence-corrected chi connectivity index (χ2v) is 9.85. The number of amides is 1. The van der Waals surface area contributed by atoms with Crippen LogP contribution in [0.25, 0.3) is 21.9 Å². The molecule has 0 saturated heterocycles. The molecule has 0 unspecified atom stereocenters. The van der Waals surface area contributed by atoms with Crippen LogP contribution in [0, 0.1) is 0 Å². The topological polar surface area (TPSA) is 110 Å². The normalized spacial score (nSPS) is 11.7. The number of hydrogen-bond acceptors (Lipinski definition) is 7. The molecular formula is C24H25N3O6S. The minimum Gasteiger partial charge on any atom is -0.495 e. The number of ether oxygens (including phenoxy) is 2. The van der Waals surface area contributed by atoms with Crippen LogP contribution in [0.3, 0.4) is 0 Å². The fourth-order valence-electron chi connectivity index (χ4n) is 3.58. The molecule has 0 saturated carbocycles. The van der Waals surface area contributed by atoms with Crippen LogP contribution in [-0.4, -0.2) is 53.5 Å². The number of carbonyl (C=O) groups excluding carboxylic acids is 1. The summed E-state index contributed by atoms with van der Waals surface area (Å²) in [6, 6.07) is 15.6. The lowest BCUT2D eigenvalue weighted by atomic mass is 10.1. The van der Waals surface area contributed by atoms with Gasteiger partial charge in [-0.2, -0.15) is 0 Å². The predicted octanol–water partition coefficient (Wildman–Crippen LogP) is 3.90. The molecule has 3 aromatic carbocycles. The van der Waals surface area contributed by atoms with Crippen molar-refractivity contribution >= 4 is 49.2 Å². The highest BCUT2D eigenvalue weighted by molar-refractivity contribution is 7.89. The summed E-state index contributed by atoms with van der Waals surface area (Å²) in [4.78, 5) is 12.7. The lowest BCUT2D eigenvalue weighted by Gasteiger charge is -2.16. The van der Waals surface area contributed by atoms with Gasteiger partial charge in [0.25, 0.3) is 0 Å². The van der Waals surface area contributed by atoms with E-state index in [-0.39, 0.29) is 17.1 Å². The summed E-state index contributed by atoms with van der Waals surface area (Å²) in [6.45, 7) is -0.101. The molecule has 0 fully saturated rings. The van der Waals surface area contributed by atoms with Crippen molar-refractivity contribution in [2.24, 2.45) is 0 Å². The van der Waals surface area contributed by atoms with Gasteiger partial charge < -0.3 is 24.5 Å². The SMILES string of the molecule is COc1cc2c(cc1NCC(=O)Nc1cc(S(=O)(=O)N(C)C)ccc1OC)oc1ccccc12. The van der Waals surface area contributed by atoms with Gasteiger partial charge in [0.2, 0.25) is 15.9 Å². The van der Waals surface area contributed by atoms with Crippen molar-refractivity contribution < 1.29 is 27.1 Å². The summed E-state index contributed by atoms with van der Waals surface area (Å²) >= 11 is 0. The van der Waals surface area contributed by atoms with Gasteiger partial charge >= 0.3 is 0 Å². The molecule has 0 aliphatic carbocycles. The molecule has 1 aromatic heterocycles. The van der Waals surface area contributed by atoms with Crippen LogP contribution >= 0.6 is 0 Å². The van der Waals surface area contributed by atoms with Crippen LogP contribution in [0.5, 0.6) is 11.5 Å². The molecule has 0 spiro atoms. The zero-order valence-corrected chi connectivity index (χ0v) is 20.0. The third kappa shape index (κ3) is 4.37. The molecule has 34 heavy (non-hydrogen) atoms. The van der Waals surface area contributed by atoms with Gasteiger partial charge in [-0.15, -0.1) is 0 Å². The summed E-state index contributed by atoms with van der Waals surface area (Å²) in [7, 11) is 2.20. The Hall–Kier alpha value is -3.76. The van der Waals surface area contributed by atoms with E-state index in [1.165, 1.54) is 39.4 Å². The number of rotatable bonds is 8. The molecule has 0 radical (unpaired) electrons. The minimum absolute atomic E-state index is 0.0403. The average molecular weight is 484 g/mol. The van der Waals surface area contributed by atoms with Gasteiger partial charge in [-0.25, -0.2) is 12.7 Å². The van der Waals surface area contributed by atoms with E-state index in [1.807, 2.05) is 30.3 Å². The van der Waals surface area contributed by atoms with Gasteiger partial charge in [0.15, 0.2) is 0 Å². The molecule has 4 aromatic rings. The Balaban J connectivity index is 1.56. The third-order valence-corrected chi connectivity index (χ3v) is 7.17. The van der Waals surface area contributed by atoms with Crippen LogP contribution in [0.4, 0.5) is 11.4 Å². The number of para-hydroxylation sites is 1. The van der Waals surface area contributed by atoms with Crippen molar-refractivity contribution in [2.75, 3.05) is 45.5 Å². The van der Waals surface area contributed by atoms with Crippen molar-refractivity contribution in [2.45, 2.75) is 4.90 Å². The Kier molecular flexibility index (Phi) is 6.36. The van der Waals surface area contributed by atoms with Crippen molar-refractivity contribution in [1.29, 1.82) is 0 Å². The average Bonchev–Trinajstić information content (AvgIpc) is 3.19. The number of nitrogens with one attached hydrogen (secondary N) is 2. The first kappa shape index (κ1) is 23.4. The maximum absolute atomic E-state index is 12.7. The summed E-state index contributed by atoms with van der Waals surface area (Å²) in [5.41, 5.74) is 2.25. The number of sulfonamides is 1. The summed E-state index contributed by atoms with van der Waals surface area (Å²) in [5.74, 6) is 0.500. The van der Waals surface area contributed by atoms with Crippen molar-refractivity contribution in [3.63, 3.8) is 0 Å².